The molecule has 0 saturated heterocycles. The van der Waals surface area contributed by atoms with Gasteiger partial charge in [0.15, 0.2) is 0 Å². The Morgan fingerprint density at radius 3 is 2.65 bits per heavy atom. The van der Waals surface area contributed by atoms with Crippen LogP contribution < -0.4 is 5.32 Å². The van der Waals surface area contributed by atoms with Gasteiger partial charge in [-0.15, -0.1) is 0 Å². The van der Waals surface area contributed by atoms with Gasteiger partial charge in [-0.3, -0.25) is 0 Å². The van der Waals surface area contributed by atoms with Gasteiger partial charge in [-0.05, 0) is 62.4 Å². The lowest BCUT2D eigenvalue weighted by Gasteiger charge is -2.15. The molecule has 0 saturated carbocycles. The van der Waals surface area contributed by atoms with Crippen molar-refractivity contribution in [2.24, 2.45) is 0 Å². The summed E-state index contributed by atoms with van der Waals surface area (Å²) in [6.07, 6.45) is 4.59. The van der Waals surface area contributed by atoms with Crippen molar-refractivity contribution in [1.29, 1.82) is 0 Å². The van der Waals surface area contributed by atoms with Crippen LogP contribution in [0.25, 0.3) is 0 Å². The second-order valence-electron chi connectivity index (χ2n) is 4.63. The number of halogens is 1. The molecular weight excluding hydrogens is 213 g/mol. The van der Waals surface area contributed by atoms with Gasteiger partial charge in [0.05, 0.1) is 0 Å². The van der Waals surface area contributed by atoms with Crippen LogP contribution in [0.15, 0.2) is 18.2 Å². The molecule has 0 aromatic heterocycles. The molecule has 0 spiro atoms. The van der Waals surface area contributed by atoms with Crippen molar-refractivity contribution < 1.29 is 4.39 Å². The molecule has 1 atom stereocenters. The summed E-state index contributed by atoms with van der Waals surface area (Å²) >= 11 is 0. The van der Waals surface area contributed by atoms with Gasteiger partial charge in [-0.25, -0.2) is 4.39 Å². The minimum atomic E-state index is -0.134. The molecule has 0 amide bonds. The van der Waals surface area contributed by atoms with Crippen molar-refractivity contribution >= 4 is 0 Å². The zero-order chi connectivity index (χ0) is 12.7. The van der Waals surface area contributed by atoms with Crippen LogP contribution >= 0.6 is 0 Å². The molecule has 0 aliphatic rings. The molecule has 1 unspecified atom stereocenters. The number of rotatable bonds is 7. The fraction of sp³-hybridized carbons (Fsp3) is 0.600. The van der Waals surface area contributed by atoms with E-state index in [-0.39, 0.29) is 5.82 Å². The van der Waals surface area contributed by atoms with Gasteiger partial charge in [-0.2, -0.15) is 0 Å². The monoisotopic (exact) mass is 237 g/mol. The zero-order valence-electron chi connectivity index (χ0n) is 11.2. The first-order valence-corrected chi connectivity index (χ1v) is 6.65. The molecule has 1 aromatic rings. The molecule has 2 heteroatoms. The summed E-state index contributed by atoms with van der Waals surface area (Å²) in [5, 5.41) is 3.48. The van der Waals surface area contributed by atoms with Gasteiger partial charge in [0.1, 0.15) is 5.82 Å². The summed E-state index contributed by atoms with van der Waals surface area (Å²) < 4.78 is 12.9. The summed E-state index contributed by atoms with van der Waals surface area (Å²) in [5.74, 6) is -0.134. The predicted molar refractivity (Wildman–Crippen MR) is 71.8 cm³/mol. The third-order valence-corrected chi connectivity index (χ3v) is 3.29. The molecule has 1 rings (SSSR count). The van der Waals surface area contributed by atoms with Crippen LogP contribution in [0.4, 0.5) is 4.39 Å². The Kier molecular flexibility index (Phi) is 6.20. The Bertz CT molecular complexity index is 336. The molecular formula is C15H24FN. The van der Waals surface area contributed by atoms with E-state index in [1.807, 2.05) is 13.0 Å². The minimum Gasteiger partial charge on any atom is -0.314 e. The van der Waals surface area contributed by atoms with Crippen LogP contribution in [0.5, 0.6) is 0 Å². The van der Waals surface area contributed by atoms with Crippen LogP contribution in [0.3, 0.4) is 0 Å². The van der Waals surface area contributed by atoms with Gasteiger partial charge in [0, 0.05) is 6.04 Å². The van der Waals surface area contributed by atoms with Crippen molar-refractivity contribution in [3.63, 3.8) is 0 Å². The molecule has 0 heterocycles. The van der Waals surface area contributed by atoms with Crippen LogP contribution in [0.2, 0.25) is 0 Å². The average Bonchev–Trinajstić information content (AvgIpc) is 2.30. The highest BCUT2D eigenvalue weighted by Crippen LogP contribution is 2.14. The zero-order valence-corrected chi connectivity index (χ0v) is 11.2. The number of benzene rings is 1. The standard InChI is InChI=1S/C15H24FN/c1-4-15(17-5-2)8-6-7-13-9-10-14(16)11-12(13)3/h9-11,15,17H,4-8H2,1-3H3. The minimum absolute atomic E-state index is 0.134. The number of nitrogens with one attached hydrogen (secondary N) is 1. The average molecular weight is 237 g/mol. The Morgan fingerprint density at radius 2 is 2.06 bits per heavy atom. The van der Waals surface area contributed by atoms with E-state index in [4.69, 9.17) is 0 Å². The first-order valence-electron chi connectivity index (χ1n) is 6.65. The van der Waals surface area contributed by atoms with Crippen LogP contribution in [0, 0.1) is 12.7 Å². The van der Waals surface area contributed by atoms with Crippen LogP contribution in [0.1, 0.15) is 44.2 Å². The van der Waals surface area contributed by atoms with Crippen molar-refractivity contribution in [3.8, 4) is 0 Å². The van der Waals surface area contributed by atoms with Crippen LogP contribution in [-0.2, 0) is 6.42 Å². The first-order chi connectivity index (χ1) is 8.17. The molecule has 1 nitrogen and oxygen atoms in total. The molecule has 96 valence electrons. The largest absolute Gasteiger partial charge is 0.314 e. The highest BCUT2D eigenvalue weighted by molar-refractivity contribution is 5.26. The third kappa shape index (κ3) is 4.86. The highest BCUT2D eigenvalue weighted by atomic mass is 19.1. The third-order valence-electron chi connectivity index (χ3n) is 3.29. The van der Waals surface area contributed by atoms with E-state index in [1.54, 1.807) is 12.1 Å². The smallest absolute Gasteiger partial charge is 0.123 e. The van der Waals surface area contributed by atoms with E-state index >= 15 is 0 Å². The van der Waals surface area contributed by atoms with E-state index in [0.29, 0.717) is 6.04 Å². The summed E-state index contributed by atoms with van der Waals surface area (Å²) in [4.78, 5) is 0. The Balaban J connectivity index is 2.39. The molecule has 0 fully saturated rings. The lowest BCUT2D eigenvalue weighted by atomic mass is 10.00. The number of aryl methyl sites for hydroxylation is 2. The second-order valence-corrected chi connectivity index (χ2v) is 4.63. The lowest BCUT2D eigenvalue weighted by molar-refractivity contribution is 0.467. The fourth-order valence-corrected chi connectivity index (χ4v) is 2.22. The molecule has 17 heavy (non-hydrogen) atoms. The first kappa shape index (κ1) is 14.2. The molecule has 0 aliphatic carbocycles. The number of hydrogen-bond acceptors (Lipinski definition) is 1. The molecule has 1 aromatic carbocycles. The van der Waals surface area contributed by atoms with Gasteiger partial charge in [0.25, 0.3) is 0 Å². The van der Waals surface area contributed by atoms with Crippen molar-refractivity contribution in [3.05, 3.63) is 35.1 Å². The Hall–Kier alpha value is -0.890. The van der Waals surface area contributed by atoms with Gasteiger partial charge in [0.2, 0.25) is 0 Å². The highest BCUT2D eigenvalue weighted by Gasteiger charge is 2.05. The summed E-state index contributed by atoms with van der Waals surface area (Å²) in [6.45, 7) is 7.39. The lowest BCUT2D eigenvalue weighted by Crippen LogP contribution is -2.28. The van der Waals surface area contributed by atoms with Crippen molar-refractivity contribution in [2.75, 3.05) is 6.54 Å². The normalized spacial score (nSPS) is 12.7. The predicted octanol–water partition coefficient (Wildman–Crippen LogP) is 3.84. The maximum absolute atomic E-state index is 12.9. The van der Waals surface area contributed by atoms with Crippen molar-refractivity contribution in [2.45, 2.75) is 52.5 Å². The molecule has 0 bridgehead atoms. The quantitative estimate of drug-likeness (QED) is 0.759. The maximum atomic E-state index is 12.9. The Labute approximate surface area is 104 Å². The van der Waals surface area contributed by atoms with Gasteiger partial charge >= 0.3 is 0 Å². The van der Waals surface area contributed by atoms with Crippen molar-refractivity contribution in [1.82, 2.24) is 5.32 Å². The van der Waals surface area contributed by atoms with E-state index in [0.717, 1.165) is 24.9 Å². The Morgan fingerprint density at radius 1 is 1.29 bits per heavy atom. The molecule has 0 aliphatic heterocycles. The van der Waals surface area contributed by atoms with E-state index in [2.05, 4.69) is 19.2 Å². The second kappa shape index (κ2) is 7.44. The van der Waals surface area contributed by atoms with Gasteiger partial charge < -0.3 is 5.32 Å². The summed E-state index contributed by atoms with van der Waals surface area (Å²) in [7, 11) is 0. The van der Waals surface area contributed by atoms with E-state index < -0.39 is 0 Å². The van der Waals surface area contributed by atoms with E-state index in [1.165, 1.54) is 18.4 Å². The number of hydrogen-bond donors (Lipinski definition) is 1. The summed E-state index contributed by atoms with van der Waals surface area (Å²) in [6, 6.07) is 5.72. The maximum Gasteiger partial charge on any atom is 0.123 e. The SMILES string of the molecule is CCNC(CC)CCCc1ccc(F)cc1C. The van der Waals surface area contributed by atoms with E-state index in [9.17, 15) is 4.39 Å². The topological polar surface area (TPSA) is 12.0 Å². The van der Waals surface area contributed by atoms with Gasteiger partial charge in [-0.1, -0.05) is 19.9 Å². The summed E-state index contributed by atoms with van der Waals surface area (Å²) in [5.41, 5.74) is 2.35. The fourth-order valence-electron chi connectivity index (χ4n) is 2.22. The van der Waals surface area contributed by atoms with Crippen LogP contribution in [-0.4, -0.2) is 12.6 Å². The molecule has 0 radical (unpaired) electrons. The molecule has 1 N–H and O–H groups in total.